The number of hydrogen-bond donors (Lipinski definition) is 2. The van der Waals surface area contributed by atoms with Crippen LogP contribution < -0.4 is 0 Å². The van der Waals surface area contributed by atoms with Crippen molar-refractivity contribution in [1.82, 2.24) is 0 Å². The summed E-state index contributed by atoms with van der Waals surface area (Å²) in [6, 6.07) is 0. The Bertz CT molecular complexity index is 404. The molecule has 0 saturated carbocycles. The van der Waals surface area contributed by atoms with Gasteiger partial charge in [-0.3, -0.25) is 0 Å². The average Bonchev–Trinajstić information content (AvgIpc) is 2.41. The Labute approximate surface area is 129 Å². The van der Waals surface area contributed by atoms with Crippen LogP contribution >= 0.6 is 34.8 Å². The Morgan fingerprint density at radius 3 is 1.95 bits per heavy atom. The number of halogens is 3. The van der Waals surface area contributed by atoms with Gasteiger partial charge in [-0.15, -0.1) is 0 Å². The molecule has 1 aromatic carbocycles. The molecule has 5 heteroatoms. The van der Waals surface area contributed by atoms with Crippen molar-refractivity contribution in [3.63, 3.8) is 0 Å². The van der Waals surface area contributed by atoms with Crippen molar-refractivity contribution in [1.29, 1.82) is 0 Å². The zero-order valence-corrected chi connectivity index (χ0v) is 13.2. The highest BCUT2D eigenvalue weighted by molar-refractivity contribution is 6.49. The van der Waals surface area contributed by atoms with Crippen LogP contribution in [0.2, 0.25) is 15.1 Å². The SMILES string of the molecule is CCCCCCCCc1c(O)c(O)c(Cl)c(Cl)c1Cl. The van der Waals surface area contributed by atoms with Crippen LogP contribution in [-0.2, 0) is 6.42 Å². The van der Waals surface area contributed by atoms with Crippen molar-refractivity contribution in [3.8, 4) is 11.5 Å². The van der Waals surface area contributed by atoms with E-state index in [9.17, 15) is 10.2 Å². The van der Waals surface area contributed by atoms with E-state index in [2.05, 4.69) is 6.92 Å². The standard InChI is InChI=1S/C14H19Cl3O2/c1-2-3-4-5-6-7-8-9-10(15)11(16)12(17)14(19)13(9)18/h18-19H,2-8H2,1H3. The van der Waals surface area contributed by atoms with Crippen molar-refractivity contribution < 1.29 is 10.2 Å². The average molecular weight is 326 g/mol. The summed E-state index contributed by atoms with van der Waals surface area (Å²) in [7, 11) is 0. The maximum Gasteiger partial charge on any atom is 0.178 e. The summed E-state index contributed by atoms with van der Waals surface area (Å²) in [5.74, 6) is -0.648. The summed E-state index contributed by atoms with van der Waals surface area (Å²) in [5, 5.41) is 19.7. The van der Waals surface area contributed by atoms with Crippen LogP contribution in [0.5, 0.6) is 11.5 Å². The minimum Gasteiger partial charge on any atom is -0.504 e. The molecule has 0 spiro atoms. The Hall–Kier alpha value is -0.310. The van der Waals surface area contributed by atoms with Gasteiger partial charge in [0.1, 0.15) is 5.02 Å². The Kier molecular flexibility index (Phi) is 7.12. The van der Waals surface area contributed by atoms with Crippen molar-refractivity contribution in [2.45, 2.75) is 51.9 Å². The summed E-state index contributed by atoms with van der Waals surface area (Å²) in [5.41, 5.74) is 0.476. The van der Waals surface area contributed by atoms with Crippen LogP contribution in [0.25, 0.3) is 0 Å². The fourth-order valence-corrected chi connectivity index (χ4v) is 2.71. The van der Waals surface area contributed by atoms with Crippen LogP contribution in [0.1, 0.15) is 51.0 Å². The van der Waals surface area contributed by atoms with Gasteiger partial charge in [-0.05, 0) is 12.8 Å². The van der Waals surface area contributed by atoms with Gasteiger partial charge in [-0.2, -0.15) is 0 Å². The molecule has 108 valence electrons. The predicted molar refractivity (Wildman–Crippen MR) is 81.9 cm³/mol. The number of unbranched alkanes of at least 4 members (excludes halogenated alkanes) is 5. The van der Waals surface area contributed by atoms with E-state index in [0.717, 1.165) is 12.8 Å². The lowest BCUT2D eigenvalue weighted by Crippen LogP contribution is -1.91. The summed E-state index contributed by atoms with van der Waals surface area (Å²) in [4.78, 5) is 0. The second kappa shape index (κ2) is 8.08. The third-order valence-electron chi connectivity index (χ3n) is 3.15. The molecule has 0 bridgehead atoms. The van der Waals surface area contributed by atoms with E-state index in [4.69, 9.17) is 34.8 Å². The zero-order chi connectivity index (χ0) is 14.4. The molecule has 0 fully saturated rings. The van der Waals surface area contributed by atoms with E-state index in [1.54, 1.807) is 0 Å². The van der Waals surface area contributed by atoms with E-state index in [-0.39, 0.29) is 20.8 Å². The first-order valence-electron chi connectivity index (χ1n) is 6.57. The number of benzene rings is 1. The Morgan fingerprint density at radius 2 is 1.32 bits per heavy atom. The summed E-state index contributed by atoms with van der Waals surface area (Å²) in [6.45, 7) is 2.18. The van der Waals surface area contributed by atoms with Gasteiger partial charge in [0.15, 0.2) is 11.5 Å². The monoisotopic (exact) mass is 324 g/mol. The smallest absolute Gasteiger partial charge is 0.178 e. The van der Waals surface area contributed by atoms with E-state index in [1.807, 2.05) is 0 Å². The van der Waals surface area contributed by atoms with Crippen LogP contribution in [0.4, 0.5) is 0 Å². The highest BCUT2D eigenvalue weighted by Gasteiger charge is 2.20. The molecule has 19 heavy (non-hydrogen) atoms. The largest absolute Gasteiger partial charge is 0.504 e. The molecule has 1 aromatic rings. The number of rotatable bonds is 7. The first-order valence-corrected chi connectivity index (χ1v) is 7.71. The highest BCUT2D eigenvalue weighted by Crippen LogP contribution is 2.46. The second-order valence-electron chi connectivity index (χ2n) is 4.64. The molecular formula is C14H19Cl3O2. The van der Waals surface area contributed by atoms with Crippen molar-refractivity contribution in [2.75, 3.05) is 0 Å². The van der Waals surface area contributed by atoms with Crippen molar-refractivity contribution >= 4 is 34.8 Å². The molecule has 0 aliphatic heterocycles. The van der Waals surface area contributed by atoms with Crippen LogP contribution in [0, 0.1) is 0 Å². The molecule has 0 radical (unpaired) electrons. The van der Waals surface area contributed by atoms with Gasteiger partial charge in [0.05, 0.1) is 10.0 Å². The van der Waals surface area contributed by atoms with Gasteiger partial charge in [-0.25, -0.2) is 0 Å². The van der Waals surface area contributed by atoms with Gasteiger partial charge >= 0.3 is 0 Å². The molecule has 0 aromatic heterocycles. The van der Waals surface area contributed by atoms with E-state index < -0.39 is 5.75 Å². The fourth-order valence-electron chi connectivity index (χ4n) is 1.99. The maximum atomic E-state index is 9.85. The van der Waals surface area contributed by atoms with Gasteiger partial charge in [0.25, 0.3) is 0 Å². The molecule has 0 atom stereocenters. The molecule has 1 rings (SSSR count). The minimum atomic E-state index is -0.392. The molecule has 0 aliphatic rings. The lowest BCUT2D eigenvalue weighted by molar-refractivity contribution is 0.399. The van der Waals surface area contributed by atoms with Crippen LogP contribution in [-0.4, -0.2) is 10.2 Å². The summed E-state index contributed by atoms with van der Waals surface area (Å²) < 4.78 is 0. The maximum absolute atomic E-state index is 9.85. The fraction of sp³-hybridized carbons (Fsp3) is 0.571. The molecule has 0 aliphatic carbocycles. The number of hydrogen-bond acceptors (Lipinski definition) is 2. The highest BCUT2D eigenvalue weighted by atomic mass is 35.5. The third-order valence-corrected chi connectivity index (χ3v) is 4.51. The van der Waals surface area contributed by atoms with E-state index >= 15 is 0 Å². The predicted octanol–water partition coefficient (Wildman–Crippen LogP) is 5.96. The van der Waals surface area contributed by atoms with Crippen molar-refractivity contribution in [2.24, 2.45) is 0 Å². The number of phenols is 2. The normalized spacial score (nSPS) is 10.9. The number of aromatic hydroxyl groups is 2. The summed E-state index contributed by atoms with van der Waals surface area (Å²) in [6.07, 6.45) is 7.40. The molecule has 2 N–H and O–H groups in total. The second-order valence-corrected chi connectivity index (χ2v) is 5.77. The van der Waals surface area contributed by atoms with Gasteiger partial charge in [0, 0.05) is 5.56 Å². The first-order chi connectivity index (χ1) is 9.00. The Morgan fingerprint density at radius 1 is 0.737 bits per heavy atom. The lowest BCUT2D eigenvalue weighted by Gasteiger charge is -2.12. The Balaban J connectivity index is 2.64. The van der Waals surface area contributed by atoms with Gasteiger partial charge < -0.3 is 10.2 Å². The third kappa shape index (κ3) is 4.34. The topological polar surface area (TPSA) is 40.5 Å². The van der Waals surface area contributed by atoms with Crippen LogP contribution in [0.3, 0.4) is 0 Å². The number of phenolic OH excluding ortho intramolecular Hbond substituents is 2. The molecule has 2 nitrogen and oxygen atoms in total. The molecule has 0 unspecified atom stereocenters. The quantitative estimate of drug-likeness (QED) is 0.369. The van der Waals surface area contributed by atoms with Crippen LogP contribution in [0.15, 0.2) is 0 Å². The molecule has 0 saturated heterocycles. The lowest BCUT2D eigenvalue weighted by atomic mass is 10.0. The van der Waals surface area contributed by atoms with E-state index in [0.29, 0.717) is 12.0 Å². The summed E-state index contributed by atoms with van der Waals surface area (Å²) >= 11 is 17.7. The minimum absolute atomic E-state index is 0.0969. The van der Waals surface area contributed by atoms with Gasteiger partial charge in [0.2, 0.25) is 0 Å². The zero-order valence-electron chi connectivity index (χ0n) is 11.0. The molecular weight excluding hydrogens is 307 g/mol. The van der Waals surface area contributed by atoms with Gasteiger partial charge in [-0.1, -0.05) is 73.8 Å². The first kappa shape index (κ1) is 16.7. The molecule has 0 heterocycles. The van der Waals surface area contributed by atoms with E-state index in [1.165, 1.54) is 25.7 Å². The molecule has 0 amide bonds. The van der Waals surface area contributed by atoms with Crippen molar-refractivity contribution in [3.05, 3.63) is 20.6 Å².